The summed E-state index contributed by atoms with van der Waals surface area (Å²) < 4.78 is 2.09. The highest BCUT2D eigenvalue weighted by molar-refractivity contribution is 6.00. The predicted octanol–water partition coefficient (Wildman–Crippen LogP) is 4.30. The molecule has 1 aliphatic heterocycles. The van der Waals surface area contributed by atoms with Gasteiger partial charge in [0.25, 0.3) is 0 Å². The van der Waals surface area contributed by atoms with Gasteiger partial charge in [0.1, 0.15) is 0 Å². The van der Waals surface area contributed by atoms with Crippen LogP contribution in [0.25, 0.3) is 0 Å². The Balaban J connectivity index is 1.96. The summed E-state index contributed by atoms with van der Waals surface area (Å²) in [5.74, 6) is 0.295. The summed E-state index contributed by atoms with van der Waals surface area (Å²) in [4.78, 5) is 26.9. The third kappa shape index (κ3) is 3.72. The molecule has 0 saturated carbocycles. The Morgan fingerprint density at radius 1 is 1.23 bits per heavy atom. The molecule has 1 aliphatic carbocycles. The molecule has 1 aromatic rings. The van der Waals surface area contributed by atoms with Gasteiger partial charge in [-0.2, -0.15) is 5.10 Å². The number of fused-ring (bicyclic) bond motifs is 1. The van der Waals surface area contributed by atoms with Crippen LogP contribution in [0.3, 0.4) is 0 Å². The van der Waals surface area contributed by atoms with E-state index in [1.54, 1.807) is 6.92 Å². The van der Waals surface area contributed by atoms with Crippen molar-refractivity contribution in [2.75, 3.05) is 6.54 Å². The maximum atomic E-state index is 13.0. The van der Waals surface area contributed by atoms with E-state index in [2.05, 4.69) is 25.5 Å². The number of nitrogens with zero attached hydrogens (tertiary/aromatic N) is 3. The minimum atomic E-state index is -0.0247. The van der Waals surface area contributed by atoms with E-state index >= 15 is 0 Å². The zero-order chi connectivity index (χ0) is 18.9. The van der Waals surface area contributed by atoms with Gasteiger partial charge in [-0.25, -0.2) is 0 Å². The number of rotatable bonds is 6. The number of likely N-dealkylation sites (tertiary alicyclic amines) is 1. The summed E-state index contributed by atoms with van der Waals surface area (Å²) in [6, 6.07) is -0.0247. The first-order valence-electron chi connectivity index (χ1n) is 10.2. The molecule has 26 heavy (non-hydrogen) atoms. The lowest BCUT2D eigenvalue weighted by Gasteiger charge is -2.30. The summed E-state index contributed by atoms with van der Waals surface area (Å²) in [7, 11) is 0. The molecule has 5 heteroatoms. The minimum Gasteiger partial charge on any atom is -0.334 e. The number of hydrogen-bond acceptors (Lipinski definition) is 3. The smallest absolute Gasteiger partial charge is 0.220 e. The molecule has 1 fully saturated rings. The van der Waals surface area contributed by atoms with Crippen LogP contribution in [0.1, 0.15) is 100 Å². The fraction of sp³-hybridized carbons (Fsp3) is 0.762. The maximum Gasteiger partial charge on any atom is 0.220 e. The molecule has 0 bridgehead atoms. The molecule has 2 aliphatic rings. The van der Waals surface area contributed by atoms with Crippen molar-refractivity contribution in [1.82, 2.24) is 14.7 Å². The molecular weight excluding hydrogens is 326 g/mol. The first-order valence-corrected chi connectivity index (χ1v) is 10.2. The number of aryl methyl sites for hydroxylation is 1. The van der Waals surface area contributed by atoms with Crippen LogP contribution in [-0.4, -0.2) is 32.9 Å². The number of Topliss-reactive ketones (excluding diaryl/α,β-unsaturated/α-hetero) is 1. The Bertz CT molecular complexity index is 690. The molecule has 0 aromatic carbocycles. The number of amides is 1. The Kier molecular flexibility index (Phi) is 5.54. The topological polar surface area (TPSA) is 55.2 Å². The number of ketones is 1. The summed E-state index contributed by atoms with van der Waals surface area (Å²) in [6.45, 7) is 9.82. The summed E-state index contributed by atoms with van der Waals surface area (Å²) in [5, 5.41) is 4.92. The maximum absolute atomic E-state index is 13.0. The molecule has 3 rings (SSSR count). The highest BCUT2D eigenvalue weighted by atomic mass is 16.2. The van der Waals surface area contributed by atoms with E-state index in [0.29, 0.717) is 6.42 Å². The second-order valence-corrected chi connectivity index (χ2v) is 8.80. The quantitative estimate of drug-likeness (QED) is 0.712. The molecule has 0 unspecified atom stereocenters. The van der Waals surface area contributed by atoms with Gasteiger partial charge >= 0.3 is 0 Å². The van der Waals surface area contributed by atoms with Crippen LogP contribution in [0.4, 0.5) is 0 Å². The molecule has 0 radical (unpaired) electrons. The molecule has 1 aromatic heterocycles. The van der Waals surface area contributed by atoms with E-state index in [-0.39, 0.29) is 23.1 Å². The average Bonchev–Trinajstić information content (AvgIpc) is 3.15. The Morgan fingerprint density at radius 3 is 2.69 bits per heavy atom. The van der Waals surface area contributed by atoms with Gasteiger partial charge < -0.3 is 4.90 Å². The molecule has 1 saturated heterocycles. The van der Waals surface area contributed by atoms with Crippen molar-refractivity contribution in [1.29, 1.82) is 0 Å². The summed E-state index contributed by atoms with van der Waals surface area (Å²) in [6.07, 6.45) is 8.10. The van der Waals surface area contributed by atoms with Gasteiger partial charge in [0.05, 0.1) is 23.0 Å². The lowest BCUT2D eigenvalue weighted by Crippen LogP contribution is -2.31. The Morgan fingerprint density at radius 2 is 2.00 bits per heavy atom. The monoisotopic (exact) mass is 359 g/mol. The lowest BCUT2D eigenvalue weighted by molar-refractivity contribution is -0.129. The molecule has 1 atom stereocenters. The zero-order valence-corrected chi connectivity index (χ0v) is 16.8. The third-order valence-electron chi connectivity index (χ3n) is 5.85. The van der Waals surface area contributed by atoms with Crippen LogP contribution < -0.4 is 0 Å². The number of aromatic nitrogens is 2. The molecule has 144 valence electrons. The van der Waals surface area contributed by atoms with Gasteiger partial charge in [-0.3, -0.25) is 14.3 Å². The summed E-state index contributed by atoms with van der Waals surface area (Å²) in [5.41, 5.74) is 2.79. The van der Waals surface area contributed by atoms with Gasteiger partial charge in [0, 0.05) is 26.4 Å². The van der Waals surface area contributed by atoms with Crippen LogP contribution in [0.2, 0.25) is 0 Å². The predicted molar refractivity (Wildman–Crippen MR) is 102 cm³/mol. The van der Waals surface area contributed by atoms with Crippen LogP contribution >= 0.6 is 0 Å². The highest BCUT2D eigenvalue weighted by Crippen LogP contribution is 2.41. The van der Waals surface area contributed by atoms with Crippen molar-refractivity contribution in [3.8, 4) is 0 Å². The number of unbranched alkanes of at least 4 members (excludes halogenated alkanes) is 3. The van der Waals surface area contributed by atoms with Crippen LogP contribution in [0, 0.1) is 5.41 Å². The van der Waals surface area contributed by atoms with E-state index < -0.39 is 0 Å². The number of carbonyl (C=O) groups excluding carboxylic acids is 2. The third-order valence-corrected chi connectivity index (χ3v) is 5.85. The first-order chi connectivity index (χ1) is 12.3. The second kappa shape index (κ2) is 7.53. The van der Waals surface area contributed by atoms with E-state index in [1.165, 1.54) is 19.3 Å². The normalized spacial score (nSPS) is 21.9. The largest absolute Gasteiger partial charge is 0.334 e. The van der Waals surface area contributed by atoms with Crippen molar-refractivity contribution in [3.63, 3.8) is 0 Å². The molecule has 2 heterocycles. The van der Waals surface area contributed by atoms with Crippen molar-refractivity contribution < 1.29 is 9.59 Å². The van der Waals surface area contributed by atoms with Gasteiger partial charge in [-0.15, -0.1) is 0 Å². The first kappa shape index (κ1) is 19.1. The van der Waals surface area contributed by atoms with Gasteiger partial charge in [-0.05, 0) is 31.1 Å². The molecule has 0 spiro atoms. The average molecular weight is 360 g/mol. The Hall–Kier alpha value is -1.65. The van der Waals surface area contributed by atoms with Crippen LogP contribution in [-0.2, 0) is 17.8 Å². The van der Waals surface area contributed by atoms with E-state index in [0.717, 1.165) is 55.7 Å². The van der Waals surface area contributed by atoms with Crippen molar-refractivity contribution in [2.24, 2.45) is 5.41 Å². The fourth-order valence-electron chi connectivity index (χ4n) is 4.57. The van der Waals surface area contributed by atoms with Crippen LogP contribution in [0.5, 0.6) is 0 Å². The minimum absolute atomic E-state index is 0.0154. The van der Waals surface area contributed by atoms with Gasteiger partial charge in [0.2, 0.25) is 5.91 Å². The van der Waals surface area contributed by atoms with Crippen molar-refractivity contribution in [3.05, 3.63) is 17.0 Å². The molecule has 5 nitrogen and oxygen atoms in total. The molecule has 1 amide bonds. The van der Waals surface area contributed by atoms with Crippen molar-refractivity contribution in [2.45, 2.75) is 91.6 Å². The molecule has 0 N–H and O–H groups in total. The van der Waals surface area contributed by atoms with Gasteiger partial charge in [-0.1, -0.05) is 40.0 Å². The van der Waals surface area contributed by atoms with E-state index in [4.69, 9.17) is 5.10 Å². The van der Waals surface area contributed by atoms with E-state index in [1.807, 2.05) is 4.90 Å². The number of carbonyl (C=O) groups is 2. The second-order valence-electron chi connectivity index (χ2n) is 8.80. The SMILES string of the molecule is CCCCCCn1nc([C@@H]2CCCN2C(C)=O)c2c1CC(C)(C)CC2=O. The van der Waals surface area contributed by atoms with E-state index in [9.17, 15) is 9.59 Å². The fourth-order valence-corrected chi connectivity index (χ4v) is 4.57. The lowest BCUT2D eigenvalue weighted by atomic mass is 9.75. The highest BCUT2D eigenvalue weighted by Gasteiger charge is 2.40. The van der Waals surface area contributed by atoms with Gasteiger partial charge in [0.15, 0.2) is 5.78 Å². The number of hydrogen-bond donors (Lipinski definition) is 0. The van der Waals surface area contributed by atoms with Crippen LogP contribution in [0.15, 0.2) is 0 Å². The summed E-state index contributed by atoms with van der Waals surface area (Å²) >= 11 is 0. The van der Waals surface area contributed by atoms with Crippen molar-refractivity contribution >= 4 is 11.7 Å². The molecular formula is C21H33N3O2. The zero-order valence-electron chi connectivity index (χ0n) is 16.8. The Labute approximate surface area is 157 Å². The standard InChI is InChI=1S/C21H33N3O2/c1-5-6-7-8-12-24-17-13-21(3,4)14-18(26)19(17)20(22-24)16-10-9-11-23(16)15(2)25/h16H,5-14H2,1-4H3/t16-/m0/s1.